The zero-order valence-electron chi connectivity index (χ0n) is 16.7. The average Bonchev–Trinajstić information content (AvgIpc) is 3.35. The standard InChI is InChI=1S/C23H28N2O3/c1-16-6-5-7-17(2)23(16)24-22(26)14-25(19-8-3-4-9-19)13-18-10-11-20-21(12-18)28-15-27-20/h5-7,10-12,19H,3-4,8-9,13-15H2,1-2H3,(H,24,26). The number of carbonyl (C=O) groups is 1. The van der Waals surface area contributed by atoms with Crippen LogP contribution in [0, 0.1) is 13.8 Å². The Kier molecular flexibility index (Phi) is 5.53. The molecule has 5 nitrogen and oxygen atoms in total. The fraction of sp³-hybridized carbons (Fsp3) is 0.435. The van der Waals surface area contributed by atoms with Crippen molar-refractivity contribution in [1.82, 2.24) is 4.90 Å². The maximum atomic E-state index is 12.9. The van der Waals surface area contributed by atoms with Crippen LogP contribution in [0.3, 0.4) is 0 Å². The van der Waals surface area contributed by atoms with Crippen LogP contribution in [-0.2, 0) is 11.3 Å². The minimum absolute atomic E-state index is 0.0463. The molecule has 1 amide bonds. The second kappa shape index (κ2) is 8.23. The number of rotatable bonds is 6. The van der Waals surface area contributed by atoms with E-state index in [4.69, 9.17) is 9.47 Å². The number of benzene rings is 2. The van der Waals surface area contributed by atoms with Gasteiger partial charge in [-0.2, -0.15) is 0 Å². The minimum atomic E-state index is 0.0463. The van der Waals surface area contributed by atoms with E-state index in [2.05, 4.69) is 16.3 Å². The van der Waals surface area contributed by atoms with Crippen molar-refractivity contribution in [3.8, 4) is 11.5 Å². The lowest BCUT2D eigenvalue weighted by atomic mass is 10.1. The first-order valence-electron chi connectivity index (χ1n) is 10.1. The molecule has 0 bridgehead atoms. The highest BCUT2D eigenvalue weighted by atomic mass is 16.7. The molecule has 1 fully saturated rings. The molecule has 0 aromatic heterocycles. The molecule has 0 radical (unpaired) electrons. The quantitative estimate of drug-likeness (QED) is 0.806. The van der Waals surface area contributed by atoms with Crippen LogP contribution in [0.5, 0.6) is 11.5 Å². The molecule has 1 aliphatic heterocycles. The summed E-state index contributed by atoms with van der Waals surface area (Å²) in [6.07, 6.45) is 4.78. The number of ether oxygens (including phenoxy) is 2. The van der Waals surface area contributed by atoms with Crippen LogP contribution in [0.4, 0.5) is 5.69 Å². The maximum absolute atomic E-state index is 12.9. The lowest BCUT2D eigenvalue weighted by Gasteiger charge is -2.28. The summed E-state index contributed by atoms with van der Waals surface area (Å²) in [5, 5.41) is 3.13. The van der Waals surface area contributed by atoms with Gasteiger partial charge in [0.05, 0.1) is 6.54 Å². The SMILES string of the molecule is Cc1cccc(C)c1NC(=O)CN(Cc1ccc2c(c1)OCO2)C1CCCC1. The fourth-order valence-corrected chi connectivity index (χ4v) is 4.23. The highest BCUT2D eigenvalue weighted by Crippen LogP contribution is 2.33. The molecular formula is C23H28N2O3. The summed E-state index contributed by atoms with van der Waals surface area (Å²) in [6, 6.07) is 12.6. The fourth-order valence-electron chi connectivity index (χ4n) is 4.23. The van der Waals surface area contributed by atoms with Crippen LogP contribution in [0.1, 0.15) is 42.4 Å². The van der Waals surface area contributed by atoms with Crippen molar-refractivity contribution in [2.45, 2.75) is 52.1 Å². The predicted octanol–water partition coefficient (Wildman–Crippen LogP) is 4.42. The van der Waals surface area contributed by atoms with Gasteiger partial charge < -0.3 is 14.8 Å². The lowest BCUT2D eigenvalue weighted by molar-refractivity contribution is -0.118. The Labute approximate surface area is 166 Å². The van der Waals surface area contributed by atoms with Crippen LogP contribution in [0.2, 0.25) is 0 Å². The summed E-state index contributed by atoms with van der Waals surface area (Å²) in [6.45, 7) is 5.48. The first kappa shape index (κ1) is 18.8. The van der Waals surface area contributed by atoms with E-state index in [1.54, 1.807) is 0 Å². The summed E-state index contributed by atoms with van der Waals surface area (Å²) in [5.74, 6) is 1.64. The molecule has 1 saturated carbocycles. The molecular weight excluding hydrogens is 352 g/mol. The smallest absolute Gasteiger partial charge is 0.238 e. The summed E-state index contributed by atoms with van der Waals surface area (Å²) in [5.41, 5.74) is 4.27. The molecule has 0 spiro atoms. The third-order valence-corrected chi connectivity index (χ3v) is 5.76. The summed E-state index contributed by atoms with van der Waals surface area (Å²) in [7, 11) is 0. The molecule has 2 aromatic carbocycles. The Balaban J connectivity index is 1.47. The monoisotopic (exact) mass is 380 g/mol. The van der Waals surface area contributed by atoms with E-state index in [1.165, 1.54) is 12.8 Å². The van der Waals surface area contributed by atoms with Crippen molar-refractivity contribution in [2.75, 3.05) is 18.7 Å². The number of amides is 1. The normalized spacial score (nSPS) is 16.0. The molecule has 1 aliphatic carbocycles. The van der Waals surface area contributed by atoms with Crippen molar-refractivity contribution in [3.63, 3.8) is 0 Å². The van der Waals surface area contributed by atoms with E-state index in [1.807, 2.05) is 44.2 Å². The molecule has 148 valence electrons. The number of para-hydroxylation sites is 1. The third-order valence-electron chi connectivity index (χ3n) is 5.76. The highest BCUT2D eigenvalue weighted by Gasteiger charge is 2.25. The number of nitrogens with one attached hydrogen (secondary N) is 1. The van der Waals surface area contributed by atoms with Crippen LogP contribution in [0.25, 0.3) is 0 Å². The van der Waals surface area contributed by atoms with Gasteiger partial charge in [-0.15, -0.1) is 0 Å². The van der Waals surface area contributed by atoms with Gasteiger partial charge in [-0.25, -0.2) is 0 Å². The van der Waals surface area contributed by atoms with Gasteiger partial charge in [-0.1, -0.05) is 37.1 Å². The predicted molar refractivity (Wildman–Crippen MR) is 110 cm³/mol. The number of carbonyl (C=O) groups excluding carboxylic acids is 1. The van der Waals surface area contributed by atoms with Gasteiger partial charge >= 0.3 is 0 Å². The zero-order chi connectivity index (χ0) is 19.5. The van der Waals surface area contributed by atoms with Crippen molar-refractivity contribution in [3.05, 3.63) is 53.1 Å². The van der Waals surface area contributed by atoms with Crippen molar-refractivity contribution >= 4 is 11.6 Å². The number of anilines is 1. The minimum Gasteiger partial charge on any atom is -0.454 e. The zero-order valence-corrected chi connectivity index (χ0v) is 16.7. The Morgan fingerprint density at radius 2 is 1.79 bits per heavy atom. The second-order valence-electron chi connectivity index (χ2n) is 7.85. The van der Waals surface area contributed by atoms with E-state index < -0.39 is 0 Å². The number of hydrogen-bond acceptors (Lipinski definition) is 4. The topological polar surface area (TPSA) is 50.8 Å². The molecule has 0 unspecified atom stereocenters. The van der Waals surface area contributed by atoms with Crippen LogP contribution in [-0.4, -0.2) is 30.2 Å². The van der Waals surface area contributed by atoms with Gasteiger partial charge in [0.15, 0.2) is 11.5 Å². The molecule has 0 atom stereocenters. The van der Waals surface area contributed by atoms with Crippen molar-refractivity contribution in [1.29, 1.82) is 0 Å². The van der Waals surface area contributed by atoms with Crippen LogP contribution < -0.4 is 14.8 Å². The Hall–Kier alpha value is -2.53. The van der Waals surface area contributed by atoms with E-state index in [0.29, 0.717) is 12.6 Å². The molecule has 5 heteroatoms. The van der Waals surface area contributed by atoms with E-state index in [0.717, 1.165) is 53.3 Å². The van der Waals surface area contributed by atoms with Crippen LogP contribution in [0.15, 0.2) is 36.4 Å². The molecule has 2 aromatic rings. The number of nitrogens with zero attached hydrogens (tertiary/aromatic N) is 1. The Bertz CT molecular complexity index is 839. The van der Waals surface area contributed by atoms with Gasteiger partial charge in [0.2, 0.25) is 12.7 Å². The first-order chi connectivity index (χ1) is 13.6. The highest BCUT2D eigenvalue weighted by molar-refractivity contribution is 5.93. The first-order valence-corrected chi connectivity index (χ1v) is 10.1. The Morgan fingerprint density at radius 3 is 2.54 bits per heavy atom. The van der Waals surface area contributed by atoms with Gasteiger partial charge in [0, 0.05) is 18.3 Å². The second-order valence-corrected chi connectivity index (χ2v) is 7.85. The number of hydrogen-bond donors (Lipinski definition) is 1. The average molecular weight is 380 g/mol. The number of fused-ring (bicyclic) bond motifs is 1. The lowest BCUT2D eigenvalue weighted by Crippen LogP contribution is -2.39. The Morgan fingerprint density at radius 1 is 1.07 bits per heavy atom. The summed E-state index contributed by atoms with van der Waals surface area (Å²) in [4.78, 5) is 15.2. The maximum Gasteiger partial charge on any atom is 0.238 e. The third kappa shape index (κ3) is 4.14. The van der Waals surface area contributed by atoms with Crippen molar-refractivity contribution in [2.24, 2.45) is 0 Å². The van der Waals surface area contributed by atoms with Gasteiger partial charge in [-0.05, 0) is 55.5 Å². The summed E-state index contributed by atoms with van der Waals surface area (Å²) < 4.78 is 10.9. The molecule has 1 heterocycles. The molecule has 4 rings (SSSR count). The largest absolute Gasteiger partial charge is 0.454 e. The molecule has 0 saturated heterocycles. The van der Waals surface area contributed by atoms with Gasteiger partial charge in [-0.3, -0.25) is 9.69 Å². The summed E-state index contributed by atoms with van der Waals surface area (Å²) >= 11 is 0. The van der Waals surface area contributed by atoms with E-state index in [9.17, 15) is 4.79 Å². The van der Waals surface area contributed by atoms with Gasteiger partial charge in [0.25, 0.3) is 0 Å². The molecule has 2 aliphatic rings. The van der Waals surface area contributed by atoms with E-state index in [-0.39, 0.29) is 12.7 Å². The molecule has 1 N–H and O–H groups in total. The van der Waals surface area contributed by atoms with Crippen molar-refractivity contribution < 1.29 is 14.3 Å². The molecule has 28 heavy (non-hydrogen) atoms. The van der Waals surface area contributed by atoms with Crippen LogP contribution >= 0.6 is 0 Å². The number of aryl methyl sites for hydroxylation is 2. The van der Waals surface area contributed by atoms with Gasteiger partial charge in [0.1, 0.15) is 0 Å². The van der Waals surface area contributed by atoms with E-state index >= 15 is 0 Å².